The summed E-state index contributed by atoms with van der Waals surface area (Å²) in [6.45, 7) is 0.108. The maximum Gasteiger partial charge on any atom is 0.411 e. The van der Waals surface area contributed by atoms with Crippen molar-refractivity contribution in [2.45, 2.75) is 19.0 Å². The summed E-state index contributed by atoms with van der Waals surface area (Å²) in [5.74, 6) is 0.237. The lowest BCUT2D eigenvalue weighted by Gasteiger charge is -2.19. The molecule has 4 amide bonds. The molecule has 2 heterocycles. The number of H-pyrrole nitrogens is 1. The van der Waals surface area contributed by atoms with Crippen LogP contribution in [0.5, 0.6) is 0 Å². The van der Waals surface area contributed by atoms with Gasteiger partial charge >= 0.3 is 12.1 Å². The van der Waals surface area contributed by atoms with Crippen LogP contribution in [0.2, 0.25) is 10.2 Å². The molecule has 242 valence electrons. The van der Waals surface area contributed by atoms with Crippen LogP contribution in [0.1, 0.15) is 33.4 Å². The molecule has 1 atom stereocenters. The van der Waals surface area contributed by atoms with E-state index < -0.39 is 18.2 Å². The highest BCUT2D eigenvalue weighted by Gasteiger charge is 2.23. The van der Waals surface area contributed by atoms with E-state index in [-0.39, 0.29) is 24.0 Å². The predicted octanol–water partition coefficient (Wildman–Crippen LogP) is 5.02. The fourth-order valence-corrected chi connectivity index (χ4v) is 5.17. The van der Waals surface area contributed by atoms with Gasteiger partial charge in [0.1, 0.15) is 23.0 Å². The molecule has 1 unspecified atom stereocenters. The van der Waals surface area contributed by atoms with Crippen LogP contribution in [0.3, 0.4) is 0 Å². The van der Waals surface area contributed by atoms with E-state index in [1.165, 1.54) is 23.0 Å². The van der Waals surface area contributed by atoms with E-state index in [0.717, 1.165) is 5.56 Å². The molecule has 0 aliphatic heterocycles. The fraction of sp³-hybridized carbons (Fsp3) is 0.194. The van der Waals surface area contributed by atoms with Gasteiger partial charge in [-0.3, -0.25) is 10.1 Å². The number of methoxy groups -OCH3 is 1. The van der Waals surface area contributed by atoms with Crippen molar-refractivity contribution in [3.05, 3.63) is 106 Å². The van der Waals surface area contributed by atoms with Gasteiger partial charge in [0.15, 0.2) is 0 Å². The summed E-state index contributed by atoms with van der Waals surface area (Å²) in [6, 6.07) is 18.0. The molecule has 5 rings (SSSR count). The van der Waals surface area contributed by atoms with Gasteiger partial charge in [0.05, 0.1) is 18.8 Å². The molecular weight excluding hydrogens is 647 g/mol. The molecule has 0 saturated carbocycles. The highest BCUT2D eigenvalue weighted by atomic mass is 35.5. The normalized spacial score (nSPS) is 11.4. The topological polar surface area (TPSA) is 172 Å². The first-order valence-corrected chi connectivity index (χ1v) is 14.9. The summed E-state index contributed by atoms with van der Waals surface area (Å²) in [7, 11) is 4.64. The van der Waals surface area contributed by atoms with Crippen LogP contribution < -0.4 is 16.0 Å². The van der Waals surface area contributed by atoms with Crippen LogP contribution in [-0.4, -0.2) is 74.3 Å². The van der Waals surface area contributed by atoms with Crippen molar-refractivity contribution in [2.75, 3.05) is 26.5 Å². The number of benzene rings is 3. The number of aromatic amines is 1. The molecule has 0 fully saturated rings. The highest BCUT2D eigenvalue weighted by Crippen LogP contribution is 2.30. The van der Waals surface area contributed by atoms with Crippen molar-refractivity contribution < 1.29 is 19.1 Å². The third-order valence-corrected chi connectivity index (χ3v) is 7.51. The Bertz CT molecular complexity index is 1880. The number of halogens is 2. The lowest BCUT2D eigenvalue weighted by molar-refractivity contribution is 0.0827. The largest absolute Gasteiger partial charge is 0.453 e. The van der Waals surface area contributed by atoms with Crippen molar-refractivity contribution in [3.8, 4) is 16.9 Å². The SMILES string of the molecule is COC(=O)Nc1ccc(-c2nc(C(Cc3cccc(C(=O)N(C)C)c3)NC(=O)NCc3cc(Cl)ccc3-n3cnnn3)[nH]c2Cl)cc1. The average molecular weight is 678 g/mol. The zero-order valence-electron chi connectivity index (χ0n) is 25.5. The Morgan fingerprint density at radius 2 is 1.83 bits per heavy atom. The molecule has 5 aromatic rings. The molecule has 0 bridgehead atoms. The van der Waals surface area contributed by atoms with Crippen LogP contribution in [0.25, 0.3) is 16.9 Å². The fourth-order valence-electron chi connectivity index (χ4n) is 4.72. The molecule has 0 radical (unpaired) electrons. The van der Waals surface area contributed by atoms with Crippen molar-refractivity contribution in [3.63, 3.8) is 0 Å². The van der Waals surface area contributed by atoms with Gasteiger partial charge in [-0.05, 0) is 70.4 Å². The quantitative estimate of drug-likeness (QED) is 0.160. The first-order chi connectivity index (χ1) is 22.6. The number of urea groups is 1. The summed E-state index contributed by atoms with van der Waals surface area (Å²) in [5, 5.41) is 20.5. The molecule has 14 nitrogen and oxygen atoms in total. The second kappa shape index (κ2) is 14.7. The minimum atomic E-state index is -0.690. The molecule has 16 heteroatoms. The summed E-state index contributed by atoms with van der Waals surface area (Å²) < 4.78 is 6.11. The monoisotopic (exact) mass is 676 g/mol. The number of ether oxygens (including phenoxy) is 1. The standard InChI is InChI=1S/C31H30Cl2N10O4/c1-42(2)29(44)20-6-4-5-18(13-20)14-24(28-38-26(27(33)39-28)19-7-10-23(11-8-19)36-31(46)47-3)37-30(45)34-16-21-15-22(32)9-12-25(21)43-17-35-40-41-43/h4-13,15,17,24H,14,16H2,1-3H3,(H,36,46)(H,38,39)(H2,34,37,45). The van der Waals surface area contributed by atoms with Crippen LogP contribution in [0.15, 0.2) is 73.1 Å². The van der Waals surface area contributed by atoms with Crippen LogP contribution in [-0.2, 0) is 17.7 Å². The Kier molecular flexibility index (Phi) is 10.3. The highest BCUT2D eigenvalue weighted by molar-refractivity contribution is 6.32. The molecule has 0 saturated heterocycles. The molecule has 4 N–H and O–H groups in total. The Morgan fingerprint density at radius 1 is 1.04 bits per heavy atom. The number of aromatic nitrogens is 6. The number of amides is 4. The zero-order chi connectivity index (χ0) is 33.5. The molecule has 0 aliphatic carbocycles. The second-order valence-corrected chi connectivity index (χ2v) is 11.3. The van der Waals surface area contributed by atoms with E-state index in [1.807, 2.05) is 6.07 Å². The third kappa shape index (κ3) is 8.23. The van der Waals surface area contributed by atoms with Gasteiger partial charge in [0.2, 0.25) is 0 Å². The van der Waals surface area contributed by atoms with E-state index in [2.05, 4.69) is 41.2 Å². The smallest absolute Gasteiger partial charge is 0.411 e. The second-order valence-electron chi connectivity index (χ2n) is 10.5. The first kappa shape index (κ1) is 32.9. The molecule has 47 heavy (non-hydrogen) atoms. The lowest BCUT2D eigenvalue weighted by atomic mass is 10.0. The molecule has 3 aromatic carbocycles. The Morgan fingerprint density at radius 3 is 2.53 bits per heavy atom. The molecule has 0 aliphatic rings. The van der Waals surface area contributed by atoms with E-state index in [1.54, 1.807) is 74.8 Å². The first-order valence-electron chi connectivity index (χ1n) is 14.2. The van der Waals surface area contributed by atoms with E-state index in [0.29, 0.717) is 44.6 Å². The van der Waals surface area contributed by atoms with E-state index >= 15 is 0 Å². The predicted molar refractivity (Wildman–Crippen MR) is 176 cm³/mol. The summed E-state index contributed by atoms with van der Waals surface area (Å²) >= 11 is 12.9. The molecule has 2 aromatic heterocycles. The Hall–Kier alpha value is -5.47. The van der Waals surface area contributed by atoms with Gasteiger partial charge in [0, 0.05) is 42.5 Å². The number of hydrogen-bond acceptors (Lipinski definition) is 8. The number of rotatable bonds is 10. The number of carbonyl (C=O) groups is 3. The average Bonchev–Trinajstić information content (AvgIpc) is 3.74. The van der Waals surface area contributed by atoms with Crippen molar-refractivity contribution in [2.24, 2.45) is 0 Å². The van der Waals surface area contributed by atoms with E-state index in [4.69, 9.17) is 28.2 Å². The molecule has 0 spiro atoms. The van der Waals surface area contributed by atoms with Crippen LogP contribution >= 0.6 is 23.2 Å². The number of imidazole rings is 1. The number of hydrogen-bond donors (Lipinski definition) is 4. The lowest BCUT2D eigenvalue weighted by Crippen LogP contribution is -2.39. The van der Waals surface area contributed by atoms with Crippen LogP contribution in [0, 0.1) is 0 Å². The number of carbonyl (C=O) groups excluding carboxylic acids is 3. The van der Waals surface area contributed by atoms with E-state index in [9.17, 15) is 14.4 Å². The van der Waals surface area contributed by atoms with Gasteiger partial charge in [-0.15, -0.1) is 5.10 Å². The Labute approximate surface area is 279 Å². The van der Waals surface area contributed by atoms with Gasteiger partial charge in [0.25, 0.3) is 5.91 Å². The maximum atomic E-state index is 13.4. The van der Waals surface area contributed by atoms with Gasteiger partial charge in [-0.25, -0.2) is 19.3 Å². The zero-order valence-corrected chi connectivity index (χ0v) is 27.0. The number of tetrazole rings is 1. The van der Waals surface area contributed by atoms with Gasteiger partial charge in [-0.2, -0.15) is 0 Å². The van der Waals surface area contributed by atoms with Gasteiger partial charge in [-0.1, -0.05) is 47.5 Å². The summed E-state index contributed by atoms with van der Waals surface area (Å²) in [6.07, 6.45) is 1.13. The third-order valence-electron chi connectivity index (χ3n) is 7.00. The van der Waals surface area contributed by atoms with Crippen molar-refractivity contribution in [1.82, 2.24) is 45.7 Å². The number of anilines is 1. The number of nitrogens with one attached hydrogen (secondary N) is 4. The Balaban J connectivity index is 1.40. The number of nitrogens with zero attached hydrogens (tertiary/aromatic N) is 6. The van der Waals surface area contributed by atoms with Crippen molar-refractivity contribution in [1.29, 1.82) is 0 Å². The van der Waals surface area contributed by atoms with Crippen molar-refractivity contribution >= 4 is 46.9 Å². The maximum absolute atomic E-state index is 13.4. The minimum Gasteiger partial charge on any atom is -0.453 e. The molecular formula is C31H30Cl2N10O4. The summed E-state index contributed by atoms with van der Waals surface area (Å²) in [5.41, 5.74) is 4.26. The minimum absolute atomic E-state index is 0.108. The van der Waals surface area contributed by atoms with Crippen LogP contribution in [0.4, 0.5) is 15.3 Å². The van der Waals surface area contributed by atoms with Gasteiger partial charge < -0.3 is 25.3 Å². The summed E-state index contributed by atoms with van der Waals surface area (Å²) in [4.78, 5) is 46.9.